The number of carbonyl (C=O) groups is 2. The maximum Gasteiger partial charge on any atom is 0.318 e. The van der Waals surface area contributed by atoms with Gasteiger partial charge in [-0.25, -0.2) is 4.79 Å². The number of piperidine rings is 1. The molecule has 1 saturated heterocycles. The van der Waals surface area contributed by atoms with E-state index in [4.69, 9.17) is 10.2 Å². The summed E-state index contributed by atoms with van der Waals surface area (Å²) in [4.78, 5) is 24.8. The van der Waals surface area contributed by atoms with Crippen LogP contribution in [-0.4, -0.2) is 45.5 Å². The van der Waals surface area contributed by atoms with Crippen LogP contribution in [0, 0.1) is 11.8 Å². The van der Waals surface area contributed by atoms with Gasteiger partial charge in [-0.2, -0.15) is 0 Å². The first-order chi connectivity index (χ1) is 12.9. The number of aromatic nitrogens is 3. The zero-order valence-corrected chi connectivity index (χ0v) is 16.2. The first kappa shape index (κ1) is 19.3. The number of thioether (sulfide) groups is 1. The van der Waals surface area contributed by atoms with E-state index in [1.54, 1.807) is 6.26 Å². The summed E-state index contributed by atoms with van der Waals surface area (Å²) in [5.41, 5.74) is 4.98. The van der Waals surface area contributed by atoms with E-state index in [2.05, 4.69) is 34.3 Å². The van der Waals surface area contributed by atoms with Crippen LogP contribution in [0.5, 0.6) is 0 Å². The first-order valence-electron chi connectivity index (χ1n) is 8.85. The molecule has 0 radical (unpaired) electrons. The lowest BCUT2D eigenvalue weighted by molar-refractivity contribution is -0.117. The summed E-state index contributed by atoms with van der Waals surface area (Å²) >= 11 is 1.21. The van der Waals surface area contributed by atoms with Crippen LogP contribution < -0.4 is 16.0 Å². The quantitative estimate of drug-likeness (QED) is 0.718. The van der Waals surface area contributed by atoms with Crippen LogP contribution in [0.4, 0.5) is 10.7 Å². The van der Waals surface area contributed by atoms with Gasteiger partial charge >= 0.3 is 6.03 Å². The molecule has 2 aromatic heterocycles. The highest BCUT2D eigenvalue weighted by atomic mass is 32.2. The second kappa shape index (κ2) is 8.47. The molecule has 1 aliphatic rings. The predicted octanol–water partition coefficient (Wildman–Crippen LogP) is 1.69. The molecule has 3 amide bonds. The number of nitrogens with one attached hydrogen (secondary N) is 1. The Balaban J connectivity index is 1.81. The van der Waals surface area contributed by atoms with E-state index >= 15 is 0 Å². The van der Waals surface area contributed by atoms with Gasteiger partial charge in [-0.05, 0) is 30.4 Å². The molecule has 2 aromatic rings. The number of imide groups is 1. The molecule has 2 unspecified atom stereocenters. The van der Waals surface area contributed by atoms with E-state index in [0.717, 1.165) is 24.8 Å². The van der Waals surface area contributed by atoms with Gasteiger partial charge in [0.1, 0.15) is 5.76 Å². The summed E-state index contributed by atoms with van der Waals surface area (Å²) in [5, 5.41) is 11.3. The van der Waals surface area contributed by atoms with Gasteiger partial charge in [0, 0.05) is 13.1 Å². The zero-order chi connectivity index (χ0) is 19.4. The van der Waals surface area contributed by atoms with Crippen molar-refractivity contribution >= 4 is 29.6 Å². The third kappa shape index (κ3) is 5.03. The maximum atomic E-state index is 11.7. The first-order valence-corrected chi connectivity index (χ1v) is 9.83. The SMILES string of the molecule is CC1CC(C)CN(c2nnc(SCC(=O)NC(N)=O)n2Cc2ccco2)C1. The third-order valence-electron chi connectivity index (χ3n) is 4.34. The molecule has 1 fully saturated rings. The van der Waals surface area contributed by atoms with Gasteiger partial charge < -0.3 is 15.1 Å². The Morgan fingerprint density at radius 1 is 1.33 bits per heavy atom. The van der Waals surface area contributed by atoms with Gasteiger partial charge in [0.25, 0.3) is 0 Å². The highest BCUT2D eigenvalue weighted by Crippen LogP contribution is 2.28. The van der Waals surface area contributed by atoms with Crippen molar-refractivity contribution in [3.05, 3.63) is 24.2 Å². The Morgan fingerprint density at radius 3 is 2.70 bits per heavy atom. The van der Waals surface area contributed by atoms with Gasteiger partial charge in [-0.15, -0.1) is 10.2 Å². The Kier molecular flexibility index (Phi) is 6.04. The molecule has 0 spiro atoms. The molecule has 0 aliphatic carbocycles. The summed E-state index contributed by atoms with van der Waals surface area (Å²) in [6.45, 7) is 6.76. The lowest BCUT2D eigenvalue weighted by Gasteiger charge is -2.35. The van der Waals surface area contributed by atoms with E-state index in [9.17, 15) is 9.59 Å². The monoisotopic (exact) mass is 392 g/mol. The van der Waals surface area contributed by atoms with Crippen molar-refractivity contribution in [3.63, 3.8) is 0 Å². The number of nitrogens with zero attached hydrogens (tertiary/aromatic N) is 4. The molecule has 3 heterocycles. The fraction of sp³-hybridized carbons (Fsp3) is 0.529. The van der Waals surface area contributed by atoms with Crippen LogP contribution in [0.25, 0.3) is 0 Å². The van der Waals surface area contributed by atoms with Gasteiger partial charge in [0.15, 0.2) is 5.16 Å². The second-order valence-corrected chi connectivity index (χ2v) is 7.94. The molecule has 0 bridgehead atoms. The maximum absolute atomic E-state index is 11.7. The molecule has 3 N–H and O–H groups in total. The predicted molar refractivity (Wildman–Crippen MR) is 101 cm³/mol. The fourth-order valence-electron chi connectivity index (χ4n) is 3.45. The minimum atomic E-state index is -0.866. The van der Waals surface area contributed by atoms with Crippen molar-refractivity contribution in [3.8, 4) is 0 Å². The number of hydrogen-bond donors (Lipinski definition) is 2. The number of hydrogen-bond acceptors (Lipinski definition) is 7. The van der Waals surface area contributed by atoms with Crippen LogP contribution >= 0.6 is 11.8 Å². The Bertz CT molecular complexity index is 781. The number of furan rings is 1. The molecule has 9 nitrogen and oxygen atoms in total. The lowest BCUT2D eigenvalue weighted by Crippen LogP contribution is -2.40. The third-order valence-corrected chi connectivity index (χ3v) is 5.30. The number of rotatable bonds is 6. The average molecular weight is 392 g/mol. The van der Waals surface area contributed by atoms with Crippen LogP contribution in [0.3, 0.4) is 0 Å². The summed E-state index contributed by atoms with van der Waals surface area (Å²) in [6, 6.07) is 2.85. The summed E-state index contributed by atoms with van der Waals surface area (Å²) < 4.78 is 7.43. The van der Waals surface area contributed by atoms with E-state index in [0.29, 0.717) is 23.5 Å². The molecule has 27 heavy (non-hydrogen) atoms. The van der Waals surface area contributed by atoms with Crippen molar-refractivity contribution in [2.24, 2.45) is 17.6 Å². The van der Waals surface area contributed by atoms with E-state index in [1.165, 1.54) is 18.2 Å². The van der Waals surface area contributed by atoms with E-state index < -0.39 is 11.9 Å². The number of nitrogens with two attached hydrogens (primary N) is 1. The van der Waals surface area contributed by atoms with Gasteiger partial charge in [-0.1, -0.05) is 25.6 Å². The molecular weight excluding hydrogens is 368 g/mol. The highest BCUT2D eigenvalue weighted by Gasteiger charge is 2.27. The molecule has 0 aromatic carbocycles. The molecular formula is C17H24N6O3S. The molecule has 0 saturated carbocycles. The fourth-order valence-corrected chi connectivity index (χ4v) is 4.18. The number of urea groups is 1. The average Bonchev–Trinajstić information content (AvgIpc) is 3.22. The second-order valence-electron chi connectivity index (χ2n) is 7.00. The highest BCUT2D eigenvalue weighted by molar-refractivity contribution is 7.99. The van der Waals surface area contributed by atoms with Crippen molar-refractivity contribution in [2.45, 2.75) is 32.0 Å². The van der Waals surface area contributed by atoms with Crippen LogP contribution in [0.1, 0.15) is 26.0 Å². The lowest BCUT2D eigenvalue weighted by atomic mass is 9.92. The molecule has 10 heteroatoms. The molecule has 146 valence electrons. The Labute approximate surface area is 161 Å². The van der Waals surface area contributed by atoms with Crippen LogP contribution in [-0.2, 0) is 11.3 Å². The van der Waals surface area contributed by atoms with Crippen molar-refractivity contribution in [1.29, 1.82) is 0 Å². The summed E-state index contributed by atoms with van der Waals surface area (Å²) in [5.74, 6) is 2.23. The van der Waals surface area contributed by atoms with Crippen LogP contribution in [0.15, 0.2) is 28.0 Å². The summed E-state index contributed by atoms with van der Waals surface area (Å²) in [6.07, 6.45) is 2.81. The van der Waals surface area contributed by atoms with Gasteiger partial charge in [0.2, 0.25) is 11.9 Å². The Morgan fingerprint density at radius 2 is 2.07 bits per heavy atom. The van der Waals surface area contributed by atoms with Gasteiger partial charge in [0.05, 0.1) is 18.6 Å². The zero-order valence-electron chi connectivity index (χ0n) is 15.4. The Hall–Kier alpha value is -2.49. The normalized spacial score (nSPS) is 19.9. The molecule has 2 atom stereocenters. The minimum absolute atomic E-state index is 0.0199. The number of primary amides is 1. The summed E-state index contributed by atoms with van der Waals surface area (Å²) in [7, 11) is 0. The minimum Gasteiger partial charge on any atom is -0.467 e. The van der Waals surface area contributed by atoms with Crippen molar-refractivity contribution in [2.75, 3.05) is 23.7 Å². The van der Waals surface area contributed by atoms with Gasteiger partial charge in [-0.3, -0.25) is 14.7 Å². The topological polar surface area (TPSA) is 119 Å². The molecule has 3 rings (SSSR count). The number of amides is 3. The van der Waals surface area contributed by atoms with E-state index in [-0.39, 0.29) is 5.75 Å². The van der Waals surface area contributed by atoms with Crippen molar-refractivity contribution < 1.29 is 14.0 Å². The van der Waals surface area contributed by atoms with Crippen LogP contribution in [0.2, 0.25) is 0 Å². The van der Waals surface area contributed by atoms with Crippen molar-refractivity contribution in [1.82, 2.24) is 20.1 Å². The number of anilines is 1. The standard InChI is InChI=1S/C17H24N6O3S/c1-11-6-12(2)8-22(7-11)16-20-21-17(27-10-14(24)19-15(18)25)23(16)9-13-4-3-5-26-13/h3-5,11-12H,6-10H2,1-2H3,(H3,18,19,24,25). The molecule has 1 aliphatic heterocycles. The number of carbonyl (C=O) groups excluding carboxylic acids is 2. The van der Waals surface area contributed by atoms with E-state index in [1.807, 2.05) is 16.7 Å². The smallest absolute Gasteiger partial charge is 0.318 e. The largest absolute Gasteiger partial charge is 0.467 e.